The molecule has 1 aromatic rings. The molecule has 1 amide bonds. The molecule has 6 heteroatoms. The van der Waals surface area contributed by atoms with Crippen LogP contribution in [0.15, 0.2) is 24.3 Å². The number of amides is 1. The number of rotatable bonds is 7. The van der Waals surface area contributed by atoms with E-state index in [1.807, 2.05) is 31.2 Å². The standard InChI is InChI=1S/C17H22ClNO3S/c1-2-22-17(21)13-6-7-15(9-13)19-16(20)11-23-10-12-4-3-5-14(18)8-12/h3-5,8,13,15H,2,6-7,9-11H2,1H3,(H,19,20)/t13-,15+/m1/s1. The van der Waals surface area contributed by atoms with E-state index in [9.17, 15) is 9.59 Å². The highest BCUT2D eigenvalue weighted by molar-refractivity contribution is 7.99. The van der Waals surface area contributed by atoms with E-state index >= 15 is 0 Å². The molecule has 126 valence electrons. The van der Waals surface area contributed by atoms with Gasteiger partial charge in [-0.2, -0.15) is 0 Å². The van der Waals surface area contributed by atoms with E-state index in [0.717, 1.165) is 24.2 Å². The maximum Gasteiger partial charge on any atom is 0.308 e. The Labute approximate surface area is 146 Å². The third-order valence-corrected chi connectivity index (χ3v) is 5.05. The van der Waals surface area contributed by atoms with Crippen LogP contribution >= 0.6 is 23.4 Å². The summed E-state index contributed by atoms with van der Waals surface area (Å²) in [5.74, 6) is 0.975. The Bertz CT molecular complexity index is 552. The van der Waals surface area contributed by atoms with Crippen molar-refractivity contribution in [3.63, 3.8) is 0 Å². The molecule has 0 saturated heterocycles. The first kappa shape index (κ1) is 18.1. The summed E-state index contributed by atoms with van der Waals surface area (Å²) >= 11 is 7.49. The summed E-state index contributed by atoms with van der Waals surface area (Å²) < 4.78 is 5.04. The number of hydrogen-bond acceptors (Lipinski definition) is 4. The third kappa shape index (κ3) is 6.07. The number of carbonyl (C=O) groups is 2. The molecule has 4 nitrogen and oxygen atoms in total. The lowest BCUT2D eigenvalue weighted by atomic mass is 10.1. The van der Waals surface area contributed by atoms with Crippen molar-refractivity contribution in [1.82, 2.24) is 5.32 Å². The Morgan fingerprint density at radius 2 is 2.22 bits per heavy atom. The van der Waals surface area contributed by atoms with Crippen molar-refractivity contribution in [1.29, 1.82) is 0 Å². The summed E-state index contributed by atoms with van der Waals surface area (Å²) in [5.41, 5.74) is 1.11. The smallest absolute Gasteiger partial charge is 0.308 e. The normalized spacial score (nSPS) is 20.3. The minimum absolute atomic E-state index is 0.0199. The number of esters is 1. The molecule has 0 radical (unpaired) electrons. The van der Waals surface area contributed by atoms with Crippen molar-refractivity contribution in [2.45, 2.75) is 38.0 Å². The first-order valence-corrected chi connectivity index (χ1v) is 9.40. The van der Waals surface area contributed by atoms with Crippen LogP contribution in [0.5, 0.6) is 0 Å². The third-order valence-electron chi connectivity index (χ3n) is 3.81. The van der Waals surface area contributed by atoms with Gasteiger partial charge < -0.3 is 10.1 Å². The molecule has 0 bridgehead atoms. The van der Waals surface area contributed by atoms with Crippen molar-refractivity contribution in [3.8, 4) is 0 Å². The lowest BCUT2D eigenvalue weighted by molar-refractivity contribution is -0.147. The summed E-state index contributed by atoms with van der Waals surface area (Å²) in [6.45, 7) is 2.22. The second-order valence-corrected chi connectivity index (χ2v) is 7.07. The minimum atomic E-state index is -0.139. The molecule has 1 aliphatic rings. The number of thioether (sulfide) groups is 1. The fourth-order valence-electron chi connectivity index (χ4n) is 2.74. The van der Waals surface area contributed by atoms with Crippen molar-refractivity contribution >= 4 is 35.2 Å². The Morgan fingerprint density at radius 3 is 2.96 bits per heavy atom. The Hall–Kier alpha value is -1.20. The highest BCUT2D eigenvalue weighted by Crippen LogP contribution is 2.27. The lowest BCUT2D eigenvalue weighted by Gasteiger charge is -2.13. The second-order valence-electron chi connectivity index (χ2n) is 5.65. The largest absolute Gasteiger partial charge is 0.466 e. The summed E-state index contributed by atoms with van der Waals surface area (Å²) in [6, 6.07) is 7.74. The SMILES string of the molecule is CCOC(=O)[C@@H]1CC[C@H](NC(=O)CSCc2cccc(Cl)c2)C1. The maximum atomic E-state index is 12.0. The molecule has 0 aliphatic heterocycles. The van der Waals surface area contributed by atoms with Crippen molar-refractivity contribution < 1.29 is 14.3 Å². The van der Waals surface area contributed by atoms with Crippen molar-refractivity contribution in [2.75, 3.05) is 12.4 Å². The lowest BCUT2D eigenvalue weighted by Crippen LogP contribution is -2.34. The first-order valence-electron chi connectivity index (χ1n) is 7.86. The van der Waals surface area contributed by atoms with Crippen LogP contribution in [0.2, 0.25) is 5.02 Å². The second kappa shape index (κ2) is 9.18. The average molecular weight is 356 g/mol. The van der Waals surface area contributed by atoms with Crippen LogP contribution in [-0.4, -0.2) is 30.3 Å². The Balaban J connectivity index is 1.66. The van der Waals surface area contributed by atoms with E-state index in [1.54, 1.807) is 11.8 Å². The van der Waals surface area contributed by atoms with E-state index in [-0.39, 0.29) is 23.8 Å². The maximum absolute atomic E-state index is 12.0. The van der Waals surface area contributed by atoms with Gasteiger partial charge in [0.05, 0.1) is 18.3 Å². The highest BCUT2D eigenvalue weighted by Gasteiger charge is 2.31. The Morgan fingerprint density at radius 1 is 1.39 bits per heavy atom. The van der Waals surface area contributed by atoms with Crippen molar-refractivity contribution in [3.05, 3.63) is 34.9 Å². The van der Waals surface area contributed by atoms with Gasteiger partial charge in [0.2, 0.25) is 5.91 Å². The van der Waals surface area contributed by atoms with Crippen molar-refractivity contribution in [2.24, 2.45) is 5.92 Å². The van der Waals surface area contributed by atoms with Gasteiger partial charge in [-0.25, -0.2) is 0 Å². The number of nitrogens with one attached hydrogen (secondary N) is 1. The number of benzene rings is 1. The monoisotopic (exact) mass is 355 g/mol. The fourth-order valence-corrected chi connectivity index (χ4v) is 3.74. The molecule has 0 heterocycles. The number of carbonyl (C=O) groups excluding carboxylic acids is 2. The molecular formula is C17H22ClNO3S. The summed E-state index contributed by atoms with van der Waals surface area (Å²) in [7, 11) is 0. The number of halogens is 1. The topological polar surface area (TPSA) is 55.4 Å². The first-order chi connectivity index (χ1) is 11.1. The van der Waals surface area contributed by atoms with Crippen LogP contribution in [0.3, 0.4) is 0 Å². The van der Waals surface area contributed by atoms with Gasteiger partial charge >= 0.3 is 5.97 Å². The summed E-state index contributed by atoms with van der Waals surface area (Å²) in [4.78, 5) is 23.7. The number of hydrogen-bond donors (Lipinski definition) is 1. The van der Waals surface area contributed by atoms with Crippen LogP contribution in [0.1, 0.15) is 31.7 Å². The average Bonchev–Trinajstić information content (AvgIpc) is 2.96. The van der Waals surface area contributed by atoms with Gasteiger partial charge in [0, 0.05) is 16.8 Å². The van der Waals surface area contributed by atoms with Gasteiger partial charge in [-0.15, -0.1) is 11.8 Å². The van der Waals surface area contributed by atoms with E-state index in [1.165, 1.54) is 0 Å². The van der Waals surface area contributed by atoms with Gasteiger partial charge in [0.15, 0.2) is 0 Å². The van der Waals surface area contributed by atoms with Gasteiger partial charge in [-0.05, 0) is 43.9 Å². The molecule has 1 aromatic carbocycles. The molecular weight excluding hydrogens is 334 g/mol. The van der Waals surface area contributed by atoms with Crippen LogP contribution in [0.4, 0.5) is 0 Å². The zero-order valence-electron chi connectivity index (χ0n) is 13.2. The van der Waals surface area contributed by atoms with Crippen LogP contribution in [0, 0.1) is 5.92 Å². The zero-order chi connectivity index (χ0) is 16.7. The van der Waals surface area contributed by atoms with Crippen LogP contribution in [0.25, 0.3) is 0 Å². The van der Waals surface area contributed by atoms with Gasteiger partial charge in [-0.1, -0.05) is 23.7 Å². The molecule has 23 heavy (non-hydrogen) atoms. The highest BCUT2D eigenvalue weighted by atomic mass is 35.5. The summed E-state index contributed by atoms with van der Waals surface area (Å²) in [5, 5.41) is 3.72. The molecule has 0 unspecified atom stereocenters. The predicted molar refractivity (Wildman–Crippen MR) is 93.5 cm³/mol. The van der Waals surface area contributed by atoms with Gasteiger partial charge in [0.1, 0.15) is 0 Å². The van der Waals surface area contributed by atoms with E-state index in [0.29, 0.717) is 23.8 Å². The molecule has 2 atom stereocenters. The van der Waals surface area contributed by atoms with E-state index in [4.69, 9.17) is 16.3 Å². The number of ether oxygens (including phenoxy) is 1. The van der Waals surface area contributed by atoms with Gasteiger partial charge in [-0.3, -0.25) is 9.59 Å². The molecule has 1 aliphatic carbocycles. The molecule has 1 N–H and O–H groups in total. The van der Waals surface area contributed by atoms with Gasteiger partial charge in [0.25, 0.3) is 0 Å². The van der Waals surface area contributed by atoms with Crippen LogP contribution in [-0.2, 0) is 20.1 Å². The Kier molecular flexibility index (Phi) is 7.24. The van der Waals surface area contributed by atoms with E-state index in [2.05, 4.69) is 5.32 Å². The fraction of sp³-hybridized carbons (Fsp3) is 0.529. The molecule has 2 rings (SSSR count). The minimum Gasteiger partial charge on any atom is -0.466 e. The predicted octanol–water partition coefficient (Wildman–Crippen LogP) is 3.42. The quantitative estimate of drug-likeness (QED) is 0.761. The molecule has 1 fully saturated rings. The molecule has 1 saturated carbocycles. The summed E-state index contributed by atoms with van der Waals surface area (Å²) in [6.07, 6.45) is 2.32. The zero-order valence-corrected chi connectivity index (χ0v) is 14.8. The van der Waals surface area contributed by atoms with E-state index < -0.39 is 0 Å². The molecule has 0 spiro atoms. The van der Waals surface area contributed by atoms with Crippen LogP contribution < -0.4 is 5.32 Å². The molecule has 0 aromatic heterocycles.